The van der Waals surface area contributed by atoms with E-state index in [1.54, 1.807) is 23.4 Å². The highest BCUT2D eigenvalue weighted by molar-refractivity contribution is 6.41. The zero-order valence-electron chi connectivity index (χ0n) is 14.5. The van der Waals surface area contributed by atoms with E-state index in [0.29, 0.717) is 29.3 Å². The number of hydrogen-bond acceptors (Lipinski definition) is 5. The third-order valence-electron chi connectivity index (χ3n) is 4.58. The van der Waals surface area contributed by atoms with Crippen molar-refractivity contribution in [3.8, 4) is 0 Å². The number of anilines is 2. The maximum atomic E-state index is 13.2. The quantitative estimate of drug-likeness (QED) is 0.366. The molecule has 0 bridgehead atoms. The number of halogens is 1. The largest absolute Gasteiger partial charge is 0.368 e. The van der Waals surface area contributed by atoms with Crippen molar-refractivity contribution in [3.63, 3.8) is 0 Å². The summed E-state index contributed by atoms with van der Waals surface area (Å²) in [7, 11) is 0. The normalized spacial score (nSPS) is 15.0. The minimum atomic E-state index is -0.244. The second-order valence-electron chi connectivity index (χ2n) is 6.38. The number of benzene rings is 1. The van der Waals surface area contributed by atoms with E-state index in [2.05, 4.69) is 24.9 Å². The summed E-state index contributed by atoms with van der Waals surface area (Å²) >= 11 is 6.32. The summed E-state index contributed by atoms with van der Waals surface area (Å²) in [6.07, 6.45) is 4.92. The number of imidazole rings is 1. The van der Waals surface area contributed by atoms with Crippen molar-refractivity contribution in [2.24, 2.45) is 0 Å². The standard InChI is InChI=1S/C19H14ClN7O/c20-16-15-12(8-14-22-5-6-23-14)18(28)27(17(15)26-19(21)25-16)9-11-7-10-3-1-2-4-13(10)24-11/h1-8,24H,9H2,(H,22,23)(H2,21,25,26)/b12-8-. The van der Waals surface area contributed by atoms with Crippen LogP contribution < -0.4 is 10.6 Å². The average molecular weight is 392 g/mol. The lowest BCUT2D eigenvalue weighted by atomic mass is 10.1. The molecule has 4 aromatic rings. The Bertz CT molecular complexity index is 1210. The van der Waals surface area contributed by atoms with Gasteiger partial charge in [-0.3, -0.25) is 9.69 Å². The fraction of sp³-hybridized carbons (Fsp3) is 0.0526. The van der Waals surface area contributed by atoms with Gasteiger partial charge in [-0.25, -0.2) is 9.97 Å². The van der Waals surface area contributed by atoms with E-state index >= 15 is 0 Å². The van der Waals surface area contributed by atoms with Crippen molar-refractivity contribution in [1.82, 2.24) is 24.9 Å². The van der Waals surface area contributed by atoms with Crippen LogP contribution in [0.2, 0.25) is 5.15 Å². The molecule has 0 atom stereocenters. The molecule has 4 heterocycles. The van der Waals surface area contributed by atoms with Crippen LogP contribution in [-0.2, 0) is 11.3 Å². The van der Waals surface area contributed by atoms with Gasteiger partial charge in [-0.1, -0.05) is 29.8 Å². The molecule has 0 spiro atoms. The first kappa shape index (κ1) is 16.5. The molecule has 0 saturated heterocycles. The molecule has 4 N–H and O–H groups in total. The number of aromatic amines is 2. The zero-order chi connectivity index (χ0) is 19.3. The Kier molecular flexibility index (Phi) is 3.66. The number of nitrogens with zero attached hydrogens (tertiary/aromatic N) is 4. The van der Waals surface area contributed by atoms with Gasteiger partial charge < -0.3 is 15.7 Å². The number of para-hydroxylation sites is 1. The van der Waals surface area contributed by atoms with Crippen LogP contribution in [-0.4, -0.2) is 30.8 Å². The first-order chi connectivity index (χ1) is 13.6. The van der Waals surface area contributed by atoms with Gasteiger partial charge in [0.15, 0.2) is 5.82 Å². The molecular formula is C19H14ClN7O. The SMILES string of the molecule is Nc1nc(Cl)c2c(n1)N(Cc1cc3ccccc3[nH]1)C(=O)/C2=C\c1ncc[nH]1. The van der Waals surface area contributed by atoms with E-state index in [9.17, 15) is 4.79 Å². The molecule has 0 saturated carbocycles. The number of H-pyrrole nitrogens is 2. The maximum absolute atomic E-state index is 13.2. The van der Waals surface area contributed by atoms with Crippen molar-refractivity contribution in [1.29, 1.82) is 0 Å². The predicted octanol–water partition coefficient (Wildman–Crippen LogP) is 3.00. The van der Waals surface area contributed by atoms with Gasteiger partial charge in [0.2, 0.25) is 5.95 Å². The van der Waals surface area contributed by atoms with Crippen LogP contribution >= 0.6 is 11.6 Å². The van der Waals surface area contributed by atoms with E-state index in [4.69, 9.17) is 17.3 Å². The summed E-state index contributed by atoms with van der Waals surface area (Å²) < 4.78 is 0. The molecular weight excluding hydrogens is 378 g/mol. The molecule has 1 aliphatic rings. The first-order valence-electron chi connectivity index (χ1n) is 8.53. The van der Waals surface area contributed by atoms with E-state index < -0.39 is 0 Å². The number of nitrogens with one attached hydrogen (secondary N) is 2. The minimum absolute atomic E-state index is 0.0115. The van der Waals surface area contributed by atoms with Gasteiger partial charge in [0.25, 0.3) is 5.91 Å². The van der Waals surface area contributed by atoms with E-state index in [1.807, 2.05) is 30.3 Å². The van der Waals surface area contributed by atoms with Crippen LogP contribution in [0.1, 0.15) is 17.1 Å². The fourth-order valence-corrected chi connectivity index (χ4v) is 3.65. The summed E-state index contributed by atoms with van der Waals surface area (Å²) in [6, 6.07) is 9.92. The molecule has 1 amide bonds. The Labute approximate surface area is 164 Å². The molecule has 0 aliphatic carbocycles. The van der Waals surface area contributed by atoms with Crippen molar-refractivity contribution in [2.75, 3.05) is 10.6 Å². The molecule has 9 heteroatoms. The Morgan fingerprint density at radius 2 is 2.11 bits per heavy atom. The molecule has 5 rings (SSSR count). The Balaban J connectivity index is 1.61. The number of carbonyl (C=O) groups excluding carboxylic acids is 1. The van der Waals surface area contributed by atoms with Gasteiger partial charge in [0, 0.05) is 23.6 Å². The Hall–Kier alpha value is -3.65. The molecule has 0 fully saturated rings. The van der Waals surface area contributed by atoms with Gasteiger partial charge in [-0.2, -0.15) is 4.98 Å². The van der Waals surface area contributed by atoms with E-state index in [0.717, 1.165) is 16.6 Å². The lowest BCUT2D eigenvalue weighted by Gasteiger charge is -2.15. The average Bonchev–Trinajstić information content (AvgIpc) is 3.37. The van der Waals surface area contributed by atoms with Crippen molar-refractivity contribution in [2.45, 2.75) is 6.54 Å². The van der Waals surface area contributed by atoms with E-state index in [-0.39, 0.29) is 17.0 Å². The number of amides is 1. The van der Waals surface area contributed by atoms with Crippen LogP contribution in [0.3, 0.4) is 0 Å². The van der Waals surface area contributed by atoms with Crippen LogP contribution in [0.5, 0.6) is 0 Å². The van der Waals surface area contributed by atoms with Crippen LogP contribution in [0.4, 0.5) is 11.8 Å². The summed E-state index contributed by atoms with van der Waals surface area (Å²) in [5.74, 6) is 0.693. The number of carbonyl (C=O) groups is 1. The van der Waals surface area contributed by atoms with E-state index in [1.165, 1.54) is 0 Å². The Morgan fingerprint density at radius 1 is 1.25 bits per heavy atom. The zero-order valence-corrected chi connectivity index (χ0v) is 15.2. The van der Waals surface area contributed by atoms with Crippen molar-refractivity contribution < 1.29 is 4.79 Å². The second-order valence-corrected chi connectivity index (χ2v) is 6.73. The van der Waals surface area contributed by atoms with Crippen LogP contribution in [0.25, 0.3) is 22.6 Å². The maximum Gasteiger partial charge on any atom is 0.260 e. The lowest BCUT2D eigenvalue weighted by molar-refractivity contribution is -0.113. The number of rotatable bonds is 3. The summed E-state index contributed by atoms with van der Waals surface area (Å²) in [6.45, 7) is 0.294. The topological polar surface area (TPSA) is 117 Å². The molecule has 1 aromatic carbocycles. The monoisotopic (exact) mass is 391 g/mol. The smallest absolute Gasteiger partial charge is 0.260 e. The summed E-state index contributed by atoms with van der Waals surface area (Å²) in [4.78, 5) is 33.5. The van der Waals surface area contributed by atoms with Crippen LogP contribution in [0, 0.1) is 0 Å². The minimum Gasteiger partial charge on any atom is -0.368 e. The third kappa shape index (κ3) is 2.62. The highest BCUT2D eigenvalue weighted by Crippen LogP contribution is 2.41. The number of hydrogen-bond donors (Lipinski definition) is 3. The molecule has 0 radical (unpaired) electrons. The van der Waals surface area contributed by atoms with Gasteiger partial charge >= 0.3 is 0 Å². The number of aromatic nitrogens is 5. The molecule has 3 aromatic heterocycles. The molecule has 28 heavy (non-hydrogen) atoms. The molecule has 138 valence electrons. The molecule has 0 unspecified atom stereocenters. The summed E-state index contributed by atoms with van der Waals surface area (Å²) in [5, 5.41) is 1.20. The number of nitrogen functional groups attached to an aromatic ring is 1. The van der Waals surface area contributed by atoms with Gasteiger partial charge in [-0.15, -0.1) is 0 Å². The number of fused-ring (bicyclic) bond motifs is 2. The predicted molar refractivity (Wildman–Crippen MR) is 107 cm³/mol. The third-order valence-corrected chi connectivity index (χ3v) is 4.85. The Morgan fingerprint density at radius 3 is 2.89 bits per heavy atom. The fourth-order valence-electron chi connectivity index (χ4n) is 3.38. The highest BCUT2D eigenvalue weighted by Gasteiger charge is 2.37. The van der Waals surface area contributed by atoms with Crippen molar-refractivity contribution in [3.05, 3.63) is 65.0 Å². The van der Waals surface area contributed by atoms with Crippen LogP contribution in [0.15, 0.2) is 42.7 Å². The summed E-state index contributed by atoms with van der Waals surface area (Å²) in [5.41, 5.74) is 8.47. The number of nitrogens with two attached hydrogens (primary N) is 1. The highest BCUT2D eigenvalue weighted by atomic mass is 35.5. The van der Waals surface area contributed by atoms with Gasteiger partial charge in [0.1, 0.15) is 11.0 Å². The molecule has 8 nitrogen and oxygen atoms in total. The molecule has 1 aliphatic heterocycles. The first-order valence-corrected chi connectivity index (χ1v) is 8.91. The van der Waals surface area contributed by atoms with Crippen molar-refractivity contribution >= 4 is 51.8 Å². The lowest BCUT2D eigenvalue weighted by Crippen LogP contribution is -2.26. The second kappa shape index (κ2) is 6.21. The van der Waals surface area contributed by atoms with Gasteiger partial charge in [-0.05, 0) is 23.6 Å². The van der Waals surface area contributed by atoms with Gasteiger partial charge in [0.05, 0.1) is 17.7 Å².